The molecule has 0 radical (unpaired) electrons. The minimum absolute atomic E-state index is 0.199. The molecule has 5 nitrogen and oxygen atoms in total. The number of pyridine rings is 1. The molecule has 0 spiro atoms. The Balaban J connectivity index is 1.95. The van der Waals surface area contributed by atoms with Crippen LogP contribution in [0.15, 0.2) is 24.4 Å². The zero-order valence-electron chi connectivity index (χ0n) is 11.0. The van der Waals surface area contributed by atoms with E-state index in [0.29, 0.717) is 19.7 Å². The molecule has 1 amide bonds. The van der Waals surface area contributed by atoms with Crippen LogP contribution in [0.1, 0.15) is 6.92 Å². The lowest BCUT2D eigenvalue weighted by atomic mass is 10.3. The first-order valence-corrected chi connectivity index (χ1v) is 6.33. The second-order valence-electron chi connectivity index (χ2n) is 4.34. The fraction of sp³-hybridized carbons (Fsp3) is 0.538. The predicted molar refractivity (Wildman–Crippen MR) is 68.4 cm³/mol. The maximum atomic E-state index is 11.6. The molecule has 0 saturated carbocycles. The average Bonchev–Trinajstić information content (AvgIpc) is 2.40. The van der Waals surface area contributed by atoms with Crippen LogP contribution in [-0.2, 0) is 11.8 Å². The summed E-state index contributed by atoms with van der Waals surface area (Å²) in [5.41, 5.74) is 0. The van der Waals surface area contributed by atoms with Crippen molar-refractivity contribution in [2.75, 3.05) is 37.7 Å². The standard InChI is InChI=1S/C13H20N3O2/c1-3-18-13(17)16-10-8-15(9-11-16)12-6-4-5-7-14(12)2/h4-7H,3,8-11H2,1-2H3/q+1. The zero-order chi connectivity index (χ0) is 13.0. The fourth-order valence-corrected chi connectivity index (χ4v) is 2.18. The molecule has 0 N–H and O–H groups in total. The molecule has 1 aromatic heterocycles. The molecule has 1 fully saturated rings. The van der Waals surface area contributed by atoms with Gasteiger partial charge in [0.1, 0.15) is 13.1 Å². The molecule has 98 valence electrons. The van der Waals surface area contributed by atoms with E-state index in [4.69, 9.17) is 4.74 Å². The number of aryl methyl sites for hydroxylation is 1. The molecule has 1 saturated heterocycles. The van der Waals surface area contributed by atoms with Crippen molar-refractivity contribution in [2.24, 2.45) is 7.05 Å². The Labute approximate surface area is 108 Å². The predicted octanol–water partition coefficient (Wildman–Crippen LogP) is 0.790. The van der Waals surface area contributed by atoms with Crippen LogP contribution in [0.4, 0.5) is 10.6 Å². The molecule has 1 aliphatic heterocycles. The van der Waals surface area contributed by atoms with Crippen molar-refractivity contribution in [1.82, 2.24) is 4.90 Å². The van der Waals surface area contributed by atoms with Gasteiger partial charge in [0.05, 0.1) is 32.9 Å². The van der Waals surface area contributed by atoms with Crippen LogP contribution >= 0.6 is 0 Å². The highest BCUT2D eigenvalue weighted by atomic mass is 16.6. The van der Waals surface area contributed by atoms with Crippen molar-refractivity contribution in [1.29, 1.82) is 0 Å². The number of amides is 1. The topological polar surface area (TPSA) is 36.7 Å². The van der Waals surface area contributed by atoms with Gasteiger partial charge in [-0.3, -0.25) is 4.90 Å². The van der Waals surface area contributed by atoms with Gasteiger partial charge < -0.3 is 9.64 Å². The highest BCUT2D eigenvalue weighted by molar-refractivity contribution is 5.68. The molecule has 0 aliphatic carbocycles. The van der Waals surface area contributed by atoms with Gasteiger partial charge >= 0.3 is 6.09 Å². The largest absolute Gasteiger partial charge is 0.450 e. The van der Waals surface area contributed by atoms with Crippen molar-refractivity contribution < 1.29 is 14.1 Å². The van der Waals surface area contributed by atoms with E-state index >= 15 is 0 Å². The molecular formula is C13H20N3O2+. The number of carbonyl (C=O) groups is 1. The molecule has 18 heavy (non-hydrogen) atoms. The highest BCUT2D eigenvalue weighted by Gasteiger charge is 2.27. The summed E-state index contributed by atoms with van der Waals surface area (Å²) in [7, 11) is 2.03. The van der Waals surface area contributed by atoms with Crippen LogP contribution in [0, 0.1) is 0 Å². The quantitative estimate of drug-likeness (QED) is 0.728. The molecule has 0 unspecified atom stereocenters. The van der Waals surface area contributed by atoms with Crippen molar-refractivity contribution in [3.8, 4) is 0 Å². The number of ether oxygens (including phenoxy) is 1. The van der Waals surface area contributed by atoms with E-state index in [1.165, 1.54) is 5.82 Å². The van der Waals surface area contributed by atoms with E-state index in [0.717, 1.165) is 13.1 Å². The first-order valence-electron chi connectivity index (χ1n) is 6.33. The number of rotatable bonds is 2. The Morgan fingerprint density at radius 3 is 2.67 bits per heavy atom. The highest BCUT2D eigenvalue weighted by Crippen LogP contribution is 2.11. The molecule has 2 heterocycles. The SMILES string of the molecule is CCOC(=O)N1CCN(c2cccc[n+]2C)CC1. The van der Waals surface area contributed by atoms with Crippen LogP contribution in [0.2, 0.25) is 0 Å². The summed E-state index contributed by atoms with van der Waals surface area (Å²) in [5, 5.41) is 0. The average molecular weight is 250 g/mol. The molecule has 1 aromatic rings. The van der Waals surface area contributed by atoms with Gasteiger partial charge in [-0.2, -0.15) is 0 Å². The zero-order valence-corrected chi connectivity index (χ0v) is 11.0. The number of nitrogens with zero attached hydrogens (tertiary/aromatic N) is 3. The molecule has 0 aromatic carbocycles. The third-order valence-corrected chi connectivity index (χ3v) is 3.16. The Morgan fingerprint density at radius 1 is 1.33 bits per heavy atom. The van der Waals surface area contributed by atoms with Crippen LogP contribution < -0.4 is 9.47 Å². The van der Waals surface area contributed by atoms with Gasteiger partial charge in [-0.1, -0.05) is 6.07 Å². The van der Waals surface area contributed by atoms with Crippen LogP contribution in [0.3, 0.4) is 0 Å². The maximum absolute atomic E-state index is 11.6. The summed E-state index contributed by atoms with van der Waals surface area (Å²) < 4.78 is 7.11. The van der Waals surface area contributed by atoms with Gasteiger partial charge in [0.25, 0.3) is 5.82 Å². The monoisotopic (exact) mass is 250 g/mol. The summed E-state index contributed by atoms with van der Waals surface area (Å²) in [6.07, 6.45) is 1.84. The second-order valence-corrected chi connectivity index (χ2v) is 4.34. The Morgan fingerprint density at radius 2 is 2.06 bits per heavy atom. The van der Waals surface area contributed by atoms with E-state index < -0.39 is 0 Å². The normalized spacial score (nSPS) is 15.7. The van der Waals surface area contributed by atoms with E-state index in [-0.39, 0.29) is 6.09 Å². The van der Waals surface area contributed by atoms with Gasteiger partial charge in [0.2, 0.25) is 0 Å². The third-order valence-electron chi connectivity index (χ3n) is 3.16. The molecular weight excluding hydrogens is 230 g/mol. The summed E-state index contributed by atoms with van der Waals surface area (Å²) in [6, 6.07) is 6.14. The first-order chi connectivity index (χ1) is 8.72. The lowest BCUT2D eigenvalue weighted by molar-refractivity contribution is -0.659. The molecule has 2 rings (SSSR count). The van der Waals surface area contributed by atoms with Gasteiger partial charge in [-0.05, 0) is 13.0 Å². The summed E-state index contributed by atoms with van der Waals surface area (Å²) >= 11 is 0. The van der Waals surface area contributed by atoms with Gasteiger partial charge in [0, 0.05) is 6.07 Å². The smallest absolute Gasteiger partial charge is 0.410 e. The Kier molecular flexibility index (Phi) is 4.02. The number of aromatic nitrogens is 1. The van der Waals surface area contributed by atoms with Gasteiger partial charge in [-0.15, -0.1) is 0 Å². The van der Waals surface area contributed by atoms with Crippen LogP contribution in [0.5, 0.6) is 0 Å². The molecule has 0 atom stereocenters. The second kappa shape index (κ2) is 5.71. The lowest BCUT2D eigenvalue weighted by Crippen LogP contribution is -2.52. The van der Waals surface area contributed by atoms with Gasteiger partial charge in [-0.25, -0.2) is 9.36 Å². The maximum Gasteiger partial charge on any atom is 0.410 e. The van der Waals surface area contributed by atoms with Crippen molar-refractivity contribution >= 4 is 11.9 Å². The number of anilines is 1. The molecule has 5 heteroatoms. The van der Waals surface area contributed by atoms with Crippen LogP contribution in [-0.4, -0.2) is 43.8 Å². The number of carbonyl (C=O) groups excluding carboxylic acids is 1. The van der Waals surface area contributed by atoms with Gasteiger partial charge in [0.15, 0.2) is 0 Å². The summed E-state index contributed by atoms with van der Waals surface area (Å²) in [4.78, 5) is 15.6. The van der Waals surface area contributed by atoms with E-state index in [9.17, 15) is 4.79 Å². The molecule has 1 aliphatic rings. The Hall–Kier alpha value is -1.78. The van der Waals surface area contributed by atoms with E-state index in [1.807, 2.05) is 32.3 Å². The van der Waals surface area contributed by atoms with Crippen molar-refractivity contribution in [3.05, 3.63) is 24.4 Å². The van der Waals surface area contributed by atoms with Crippen molar-refractivity contribution in [3.63, 3.8) is 0 Å². The van der Waals surface area contributed by atoms with Crippen LogP contribution in [0.25, 0.3) is 0 Å². The van der Waals surface area contributed by atoms with E-state index in [1.54, 1.807) is 4.90 Å². The third kappa shape index (κ3) is 2.72. The number of hydrogen-bond acceptors (Lipinski definition) is 3. The molecule has 0 bridgehead atoms. The summed E-state index contributed by atoms with van der Waals surface area (Å²) in [6.45, 7) is 5.39. The minimum atomic E-state index is -0.199. The summed E-state index contributed by atoms with van der Waals surface area (Å²) in [5.74, 6) is 1.18. The minimum Gasteiger partial charge on any atom is -0.450 e. The first kappa shape index (κ1) is 12.7. The lowest BCUT2D eigenvalue weighted by Gasteiger charge is -2.30. The number of hydrogen-bond donors (Lipinski definition) is 0. The van der Waals surface area contributed by atoms with E-state index in [2.05, 4.69) is 15.5 Å². The Bertz CT molecular complexity index is 414. The number of piperazine rings is 1. The van der Waals surface area contributed by atoms with Crippen molar-refractivity contribution in [2.45, 2.75) is 6.92 Å². The fourth-order valence-electron chi connectivity index (χ4n) is 2.18.